The van der Waals surface area contributed by atoms with Gasteiger partial charge in [0.2, 0.25) is 17.7 Å². The average Bonchev–Trinajstić information content (AvgIpc) is 3.56. The molecular formula is C42H70N6O6S. The van der Waals surface area contributed by atoms with Gasteiger partial charge in [0.25, 0.3) is 5.91 Å². The Balaban J connectivity index is 1.27. The van der Waals surface area contributed by atoms with E-state index in [1.165, 1.54) is 12.1 Å². The van der Waals surface area contributed by atoms with Crippen LogP contribution in [-0.4, -0.2) is 87.8 Å². The fraction of sp³-hybridized carbons (Fsp3) is 0.881. The molecule has 12 nitrogen and oxygen atoms in total. The topological polar surface area (TPSA) is 149 Å². The molecule has 0 bridgehead atoms. The zero-order chi connectivity index (χ0) is 40.4. The molecule has 0 radical (unpaired) electrons. The smallest absolute Gasteiger partial charge is 0.408 e. The molecule has 6 rings (SSSR count). The fourth-order valence-electron chi connectivity index (χ4n) is 11.3. The molecule has 2 spiro atoms. The van der Waals surface area contributed by atoms with Gasteiger partial charge >= 0.3 is 6.09 Å². The van der Waals surface area contributed by atoms with E-state index < -0.39 is 52.1 Å². The number of rotatable bonds is 11. The number of likely N-dealkylation sites (tertiary alicyclic amines) is 1. The Bertz CT molecular complexity index is 1520. The van der Waals surface area contributed by atoms with E-state index in [1.807, 2.05) is 34.6 Å². The van der Waals surface area contributed by atoms with Crippen molar-refractivity contribution in [2.75, 3.05) is 19.6 Å². The van der Waals surface area contributed by atoms with Gasteiger partial charge in [-0.05, 0) is 99.7 Å². The standard InChI is InChI=1S/C42H70N6O6S/c1-11-27-24-42(27,34(52)46-55-47-22-15-16-23-47)45-31(49)28-25-41(38(8,9)40(41)20-17-21-40)26-48(28)33(51)30(36(2,3)4)43-32(50)29(39(10)18-13-12-14-19-39)44-35(53)54-37(5,6)7/h27-30H,11-26H2,1-10H3,(H,43,50)(H,44,53)(H,45,49)(H,46,52). The van der Waals surface area contributed by atoms with Gasteiger partial charge in [-0.2, -0.15) is 0 Å². The number of ether oxygens (including phenoxy) is 1. The third-order valence-corrected chi connectivity index (χ3v) is 16.0. The summed E-state index contributed by atoms with van der Waals surface area (Å²) in [4.78, 5) is 73.2. The minimum absolute atomic E-state index is 0.0163. The Hall–Kier alpha value is -2.54. The van der Waals surface area contributed by atoms with Crippen LogP contribution in [0, 0.1) is 33.0 Å². The van der Waals surface area contributed by atoms with Gasteiger partial charge in [0.1, 0.15) is 29.3 Å². The predicted molar refractivity (Wildman–Crippen MR) is 214 cm³/mol. The van der Waals surface area contributed by atoms with Crippen LogP contribution in [0.1, 0.15) is 153 Å². The van der Waals surface area contributed by atoms with E-state index in [0.29, 0.717) is 19.4 Å². The molecule has 310 valence electrons. The fourth-order valence-corrected chi connectivity index (χ4v) is 12.2. The number of hydrogen-bond donors (Lipinski definition) is 4. The highest BCUT2D eigenvalue weighted by atomic mass is 32.2. The molecule has 6 fully saturated rings. The zero-order valence-electron chi connectivity index (χ0n) is 35.4. The zero-order valence-corrected chi connectivity index (χ0v) is 36.2. The van der Waals surface area contributed by atoms with Gasteiger partial charge in [-0.25, -0.2) is 9.10 Å². The first-order chi connectivity index (χ1) is 25.6. The van der Waals surface area contributed by atoms with Crippen LogP contribution in [0.3, 0.4) is 0 Å². The number of amides is 5. The molecule has 4 saturated carbocycles. The van der Waals surface area contributed by atoms with Gasteiger partial charge in [0, 0.05) is 37.2 Å². The van der Waals surface area contributed by atoms with E-state index in [9.17, 15) is 19.2 Å². The molecule has 5 amide bonds. The highest BCUT2D eigenvalue weighted by Gasteiger charge is 2.85. The van der Waals surface area contributed by atoms with Gasteiger partial charge in [0.05, 0.1) is 0 Å². The predicted octanol–water partition coefficient (Wildman–Crippen LogP) is 6.24. The van der Waals surface area contributed by atoms with Crippen molar-refractivity contribution in [2.24, 2.45) is 33.0 Å². The summed E-state index contributed by atoms with van der Waals surface area (Å²) in [6, 6.07) is -2.67. The monoisotopic (exact) mass is 787 g/mol. The lowest BCUT2D eigenvalue weighted by molar-refractivity contribution is -0.145. The van der Waals surface area contributed by atoms with Crippen molar-refractivity contribution in [1.82, 2.24) is 29.9 Å². The SMILES string of the molecule is CCC1CC1(NC(=O)C1CC2(CN1C(=O)C(NC(=O)C(NC(=O)OC(C)(C)C)C1(C)CCCCC1)C(C)(C)C)C(C)(C)C21CCC1)C(=O)NSN1CCCC1. The van der Waals surface area contributed by atoms with E-state index in [-0.39, 0.29) is 39.9 Å². The highest BCUT2D eigenvalue weighted by Crippen LogP contribution is 2.88. The lowest BCUT2D eigenvalue weighted by Gasteiger charge is -2.42. The minimum atomic E-state index is -1.01. The molecule has 2 aliphatic heterocycles. The first-order valence-electron chi connectivity index (χ1n) is 21.2. The normalized spacial score (nSPS) is 31.6. The highest BCUT2D eigenvalue weighted by molar-refractivity contribution is 7.95. The quantitative estimate of drug-likeness (QED) is 0.180. The number of nitrogens with zero attached hydrogens (tertiary/aromatic N) is 2. The van der Waals surface area contributed by atoms with Crippen molar-refractivity contribution < 1.29 is 28.7 Å². The second-order valence-electron chi connectivity index (χ2n) is 20.9. The maximum Gasteiger partial charge on any atom is 0.408 e. The first kappa shape index (κ1) is 42.1. The number of fused-ring (bicyclic) bond motifs is 1. The van der Waals surface area contributed by atoms with Gasteiger partial charge in [-0.1, -0.05) is 80.6 Å². The maximum absolute atomic E-state index is 15.2. The van der Waals surface area contributed by atoms with Crippen LogP contribution in [0.15, 0.2) is 0 Å². The molecule has 4 N–H and O–H groups in total. The van der Waals surface area contributed by atoms with E-state index in [1.54, 1.807) is 25.7 Å². The molecule has 55 heavy (non-hydrogen) atoms. The number of alkyl carbamates (subject to hydrolysis) is 1. The summed E-state index contributed by atoms with van der Waals surface area (Å²) in [7, 11) is 0. The molecule has 6 atom stereocenters. The lowest BCUT2D eigenvalue weighted by atomic mass is 9.70. The Labute approximate surface area is 334 Å². The summed E-state index contributed by atoms with van der Waals surface area (Å²) >= 11 is 1.33. The van der Waals surface area contributed by atoms with Crippen LogP contribution in [0.4, 0.5) is 4.79 Å². The second-order valence-corrected chi connectivity index (χ2v) is 21.8. The van der Waals surface area contributed by atoms with E-state index >= 15 is 4.79 Å². The molecule has 2 heterocycles. The van der Waals surface area contributed by atoms with Gasteiger partial charge in [-0.15, -0.1) is 0 Å². The van der Waals surface area contributed by atoms with Crippen LogP contribution >= 0.6 is 12.1 Å². The van der Waals surface area contributed by atoms with Crippen molar-refractivity contribution in [3.05, 3.63) is 0 Å². The number of carbonyl (C=O) groups is 5. The van der Waals surface area contributed by atoms with Crippen LogP contribution in [0.25, 0.3) is 0 Å². The molecule has 6 unspecified atom stereocenters. The van der Waals surface area contributed by atoms with Crippen molar-refractivity contribution in [3.8, 4) is 0 Å². The van der Waals surface area contributed by atoms with E-state index in [2.05, 4.69) is 38.8 Å². The summed E-state index contributed by atoms with van der Waals surface area (Å²) in [5, 5.41) is 9.27. The molecule has 0 aromatic heterocycles. The maximum atomic E-state index is 15.2. The molecule has 4 aliphatic carbocycles. The summed E-state index contributed by atoms with van der Waals surface area (Å²) < 4.78 is 10.8. The van der Waals surface area contributed by atoms with Gasteiger partial charge < -0.3 is 25.6 Å². The molecule has 13 heteroatoms. The number of hydrogen-bond acceptors (Lipinski definition) is 8. The summed E-state index contributed by atoms with van der Waals surface area (Å²) in [6.07, 6.45) is 11.1. The first-order valence-corrected chi connectivity index (χ1v) is 22.0. The van der Waals surface area contributed by atoms with Crippen molar-refractivity contribution in [1.29, 1.82) is 0 Å². The number of carbonyl (C=O) groups excluding carboxylic acids is 5. The third kappa shape index (κ3) is 7.51. The Morgan fingerprint density at radius 3 is 1.96 bits per heavy atom. The molecule has 6 aliphatic rings. The lowest BCUT2D eigenvalue weighted by Crippen LogP contribution is -2.63. The number of nitrogens with one attached hydrogen (secondary N) is 4. The van der Waals surface area contributed by atoms with E-state index in [4.69, 9.17) is 4.74 Å². The van der Waals surface area contributed by atoms with Gasteiger partial charge in [-0.3, -0.25) is 23.9 Å². The molecular weight excluding hydrogens is 717 g/mol. The Morgan fingerprint density at radius 1 is 0.818 bits per heavy atom. The summed E-state index contributed by atoms with van der Waals surface area (Å²) in [5.41, 5.74) is -3.23. The van der Waals surface area contributed by atoms with E-state index in [0.717, 1.165) is 83.7 Å². The second kappa shape index (κ2) is 14.7. The molecule has 0 aromatic rings. The van der Waals surface area contributed by atoms with Crippen LogP contribution < -0.4 is 20.7 Å². The van der Waals surface area contributed by atoms with Crippen LogP contribution in [0.2, 0.25) is 0 Å². The van der Waals surface area contributed by atoms with Crippen molar-refractivity contribution >= 4 is 41.9 Å². The van der Waals surface area contributed by atoms with Crippen LogP contribution in [-0.2, 0) is 23.9 Å². The Morgan fingerprint density at radius 2 is 1.45 bits per heavy atom. The Kier molecular flexibility index (Phi) is 11.2. The van der Waals surface area contributed by atoms with Crippen molar-refractivity contribution in [2.45, 2.75) is 182 Å². The third-order valence-electron chi connectivity index (χ3n) is 15.1. The van der Waals surface area contributed by atoms with Gasteiger partial charge in [0.15, 0.2) is 0 Å². The molecule has 0 aromatic carbocycles. The average molecular weight is 787 g/mol. The van der Waals surface area contributed by atoms with Crippen LogP contribution in [0.5, 0.6) is 0 Å². The summed E-state index contributed by atoms with van der Waals surface area (Å²) in [5.74, 6) is -1.18. The summed E-state index contributed by atoms with van der Waals surface area (Å²) in [6.45, 7) is 22.1. The largest absolute Gasteiger partial charge is 0.444 e. The minimum Gasteiger partial charge on any atom is -0.444 e. The molecule has 2 saturated heterocycles. The van der Waals surface area contributed by atoms with Crippen molar-refractivity contribution in [3.63, 3.8) is 0 Å².